The second-order valence-electron chi connectivity index (χ2n) is 4.66. The van der Waals surface area contributed by atoms with E-state index in [1.54, 1.807) is 24.3 Å². The first-order valence-electron chi connectivity index (χ1n) is 6.11. The van der Waals surface area contributed by atoms with Crippen LogP contribution in [0.4, 0.5) is 0 Å². The van der Waals surface area contributed by atoms with Gasteiger partial charge >= 0.3 is 5.97 Å². The van der Waals surface area contributed by atoms with Crippen molar-refractivity contribution in [2.75, 3.05) is 0 Å². The summed E-state index contributed by atoms with van der Waals surface area (Å²) in [4.78, 5) is 11.3. The van der Waals surface area contributed by atoms with Gasteiger partial charge in [0.25, 0.3) is 0 Å². The highest BCUT2D eigenvalue weighted by Gasteiger charge is 2.39. The van der Waals surface area contributed by atoms with Gasteiger partial charge in [-0.3, -0.25) is 4.79 Å². The maximum atomic E-state index is 11.3. The lowest BCUT2D eigenvalue weighted by Gasteiger charge is -2.31. The van der Waals surface area contributed by atoms with Crippen LogP contribution in [0.15, 0.2) is 24.3 Å². The molecule has 0 saturated carbocycles. The third-order valence-corrected chi connectivity index (χ3v) is 3.57. The second-order valence-corrected chi connectivity index (χ2v) is 5.07. The molecule has 0 spiro atoms. The SMILES string of the molecule is CCCCC(C(=O)O)C(C)(O)c1ccccc1Cl. The first-order chi connectivity index (χ1) is 8.41. The standard InChI is InChI=1S/C14H19ClO3/c1-3-4-7-11(13(16)17)14(2,18)10-8-5-6-9-12(10)15/h5-6,8-9,11,18H,3-4,7H2,1-2H3,(H,16,17). The molecule has 2 N–H and O–H groups in total. The van der Waals surface area contributed by atoms with Crippen LogP contribution in [0.5, 0.6) is 0 Å². The molecule has 1 aromatic carbocycles. The predicted octanol–water partition coefficient (Wildman–Crippen LogP) is 3.44. The fraction of sp³-hybridized carbons (Fsp3) is 0.500. The van der Waals surface area contributed by atoms with Crippen molar-refractivity contribution in [1.29, 1.82) is 0 Å². The van der Waals surface area contributed by atoms with Crippen LogP contribution in [-0.4, -0.2) is 16.2 Å². The number of unbranched alkanes of at least 4 members (excludes halogenated alkanes) is 1. The fourth-order valence-corrected chi connectivity index (χ4v) is 2.44. The Morgan fingerprint density at radius 2 is 2.06 bits per heavy atom. The third kappa shape index (κ3) is 3.24. The molecule has 0 fully saturated rings. The van der Waals surface area contributed by atoms with Gasteiger partial charge < -0.3 is 10.2 Å². The second kappa shape index (κ2) is 6.21. The van der Waals surface area contributed by atoms with Crippen LogP contribution in [0, 0.1) is 5.92 Å². The number of carbonyl (C=O) groups is 1. The largest absolute Gasteiger partial charge is 0.481 e. The highest BCUT2D eigenvalue weighted by molar-refractivity contribution is 6.31. The van der Waals surface area contributed by atoms with E-state index in [2.05, 4.69) is 0 Å². The Hall–Kier alpha value is -1.06. The van der Waals surface area contributed by atoms with E-state index in [1.165, 1.54) is 6.92 Å². The number of halogens is 1. The van der Waals surface area contributed by atoms with Crippen molar-refractivity contribution in [3.8, 4) is 0 Å². The number of aliphatic carboxylic acids is 1. The maximum Gasteiger partial charge on any atom is 0.309 e. The zero-order valence-electron chi connectivity index (χ0n) is 10.7. The van der Waals surface area contributed by atoms with Crippen LogP contribution in [0.25, 0.3) is 0 Å². The fourth-order valence-electron chi connectivity index (χ4n) is 2.11. The molecule has 0 aliphatic rings. The van der Waals surface area contributed by atoms with Crippen LogP contribution >= 0.6 is 11.6 Å². The van der Waals surface area contributed by atoms with Gasteiger partial charge in [-0.1, -0.05) is 49.6 Å². The van der Waals surface area contributed by atoms with Gasteiger partial charge in [0.15, 0.2) is 0 Å². The Kier molecular flexibility index (Phi) is 5.17. The Morgan fingerprint density at radius 3 is 2.56 bits per heavy atom. The summed E-state index contributed by atoms with van der Waals surface area (Å²) in [5.74, 6) is -1.84. The van der Waals surface area contributed by atoms with Gasteiger partial charge in [0.2, 0.25) is 0 Å². The number of benzene rings is 1. The monoisotopic (exact) mass is 270 g/mol. The smallest absolute Gasteiger partial charge is 0.309 e. The molecular weight excluding hydrogens is 252 g/mol. The van der Waals surface area contributed by atoms with Crippen LogP contribution in [-0.2, 0) is 10.4 Å². The molecule has 2 unspecified atom stereocenters. The van der Waals surface area contributed by atoms with Crippen molar-refractivity contribution in [3.63, 3.8) is 0 Å². The lowest BCUT2D eigenvalue weighted by Crippen LogP contribution is -2.37. The molecule has 4 heteroatoms. The number of aliphatic hydroxyl groups is 1. The lowest BCUT2D eigenvalue weighted by molar-refractivity contribution is -0.152. The summed E-state index contributed by atoms with van der Waals surface area (Å²) in [6.07, 6.45) is 2.09. The Morgan fingerprint density at radius 1 is 1.44 bits per heavy atom. The van der Waals surface area contributed by atoms with E-state index in [9.17, 15) is 15.0 Å². The number of carboxylic acid groups (broad SMARTS) is 1. The first kappa shape index (κ1) is 15.0. The van der Waals surface area contributed by atoms with Crippen LogP contribution < -0.4 is 0 Å². The summed E-state index contributed by atoms with van der Waals surface area (Å²) in [7, 11) is 0. The molecule has 0 heterocycles. The molecule has 0 radical (unpaired) electrons. The van der Waals surface area contributed by atoms with Crippen molar-refractivity contribution in [2.45, 2.75) is 38.7 Å². The molecule has 0 aromatic heterocycles. The van der Waals surface area contributed by atoms with E-state index in [1.807, 2.05) is 6.92 Å². The molecule has 1 rings (SSSR count). The molecule has 0 saturated heterocycles. The maximum absolute atomic E-state index is 11.3. The number of rotatable bonds is 6. The summed E-state index contributed by atoms with van der Waals surface area (Å²) in [5, 5.41) is 20.2. The molecule has 0 amide bonds. The summed E-state index contributed by atoms with van der Waals surface area (Å²) < 4.78 is 0. The Bertz CT molecular complexity index is 415. The summed E-state index contributed by atoms with van der Waals surface area (Å²) in [6.45, 7) is 3.51. The van der Waals surface area contributed by atoms with Crippen molar-refractivity contribution < 1.29 is 15.0 Å². The summed E-state index contributed by atoms with van der Waals surface area (Å²) >= 11 is 6.04. The van der Waals surface area contributed by atoms with Gasteiger partial charge in [-0.25, -0.2) is 0 Å². The number of hydrogen-bond acceptors (Lipinski definition) is 2. The van der Waals surface area contributed by atoms with Crippen LogP contribution in [0.2, 0.25) is 5.02 Å². The van der Waals surface area contributed by atoms with Gasteiger partial charge in [-0.15, -0.1) is 0 Å². The molecule has 18 heavy (non-hydrogen) atoms. The van der Waals surface area contributed by atoms with E-state index in [0.29, 0.717) is 17.0 Å². The third-order valence-electron chi connectivity index (χ3n) is 3.24. The molecule has 3 nitrogen and oxygen atoms in total. The van der Waals surface area contributed by atoms with Crippen LogP contribution in [0.1, 0.15) is 38.7 Å². The van der Waals surface area contributed by atoms with E-state index >= 15 is 0 Å². The first-order valence-corrected chi connectivity index (χ1v) is 6.49. The highest BCUT2D eigenvalue weighted by Crippen LogP contribution is 2.36. The van der Waals surface area contributed by atoms with Gasteiger partial charge in [-0.2, -0.15) is 0 Å². The quantitative estimate of drug-likeness (QED) is 0.832. The predicted molar refractivity (Wildman–Crippen MR) is 71.7 cm³/mol. The van der Waals surface area contributed by atoms with Gasteiger partial charge in [0, 0.05) is 10.6 Å². The molecule has 0 bridgehead atoms. The topological polar surface area (TPSA) is 57.5 Å². The molecule has 2 atom stereocenters. The van der Waals surface area contributed by atoms with Crippen molar-refractivity contribution >= 4 is 17.6 Å². The minimum absolute atomic E-state index is 0.394. The van der Waals surface area contributed by atoms with Gasteiger partial charge in [0.05, 0.1) is 5.92 Å². The lowest BCUT2D eigenvalue weighted by atomic mass is 9.80. The summed E-state index contributed by atoms with van der Waals surface area (Å²) in [5.41, 5.74) is -0.991. The van der Waals surface area contributed by atoms with E-state index in [-0.39, 0.29) is 0 Å². The zero-order valence-corrected chi connectivity index (χ0v) is 11.4. The van der Waals surface area contributed by atoms with Gasteiger partial charge in [-0.05, 0) is 19.4 Å². The molecular formula is C14H19ClO3. The minimum atomic E-state index is -1.46. The van der Waals surface area contributed by atoms with Crippen LogP contribution in [0.3, 0.4) is 0 Å². The average Bonchev–Trinajstić information content (AvgIpc) is 2.29. The Labute approximate surface area is 112 Å². The zero-order chi connectivity index (χ0) is 13.8. The highest BCUT2D eigenvalue weighted by atomic mass is 35.5. The van der Waals surface area contributed by atoms with Crippen molar-refractivity contribution in [1.82, 2.24) is 0 Å². The Balaban J connectivity index is 3.08. The molecule has 1 aromatic rings. The number of hydrogen-bond donors (Lipinski definition) is 2. The molecule has 100 valence electrons. The average molecular weight is 271 g/mol. The molecule has 0 aliphatic carbocycles. The van der Waals surface area contributed by atoms with E-state index in [0.717, 1.165) is 12.8 Å². The number of carboxylic acids is 1. The summed E-state index contributed by atoms with van der Waals surface area (Å²) in [6, 6.07) is 6.83. The van der Waals surface area contributed by atoms with Crippen molar-refractivity contribution in [2.24, 2.45) is 5.92 Å². The molecule has 0 aliphatic heterocycles. The normalized spacial score (nSPS) is 16.0. The van der Waals surface area contributed by atoms with Crippen molar-refractivity contribution in [3.05, 3.63) is 34.9 Å². The van der Waals surface area contributed by atoms with E-state index < -0.39 is 17.5 Å². The minimum Gasteiger partial charge on any atom is -0.481 e. The van der Waals surface area contributed by atoms with E-state index in [4.69, 9.17) is 11.6 Å². The van der Waals surface area contributed by atoms with Gasteiger partial charge in [0.1, 0.15) is 5.60 Å².